The standard InChI is InChI=1S/C25H27ClN4O5/c1-4-35-25(32)29-13-11-28(12-14-29)24(31)22-16-20(18-10-9-17(33-2)15-23(18)34-3)27-30(22)21-8-6-5-7-19(21)26/h5-10,15-16H,4,11-14H2,1-3H3. The largest absolute Gasteiger partial charge is 0.497 e. The summed E-state index contributed by atoms with van der Waals surface area (Å²) in [5, 5.41) is 5.20. The van der Waals surface area contributed by atoms with Crippen molar-refractivity contribution in [2.75, 3.05) is 47.0 Å². The lowest BCUT2D eigenvalue weighted by Crippen LogP contribution is -2.51. The van der Waals surface area contributed by atoms with E-state index in [0.29, 0.717) is 71.9 Å². The van der Waals surface area contributed by atoms with E-state index in [2.05, 4.69) is 0 Å². The van der Waals surface area contributed by atoms with Gasteiger partial charge in [0.15, 0.2) is 0 Å². The SMILES string of the molecule is CCOC(=O)N1CCN(C(=O)c2cc(-c3ccc(OC)cc3OC)nn2-c2ccccc2Cl)CC1. The van der Waals surface area contributed by atoms with E-state index < -0.39 is 0 Å². The summed E-state index contributed by atoms with van der Waals surface area (Å²) in [4.78, 5) is 29.0. The Labute approximate surface area is 208 Å². The molecule has 10 heteroatoms. The zero-order valence-corrected chi connectivity index (χ0v) is 20.6. The van der Waals surface area contributed by atoms with Crippen LogP contribution in [0.25, 0.3) is 16.9 Å². The van der Waals surface area contributed by atoms with Crippen molar-refractivity contribution < 1.29 is 23.8 Å². The summed E-state index contributed by atoms with van der Waals surface area (Å²) in [6.07, 6.45) is -0.366. The van der Waals surface area contributed by atoms with Gasteiger partial charge < -0.3 is 24.0 Å². The summed E-state index contributed by atoms with van der Waals surface area (Å²) in [6, 6.07) is 14.3. The molecule has 0 unspecified atom stereocenters. The van der Waals surface area contributed by atoms with E-state index in [-0.39, 0.29) is 12.0 Å². The average molecular weight is 499 g/mol. The maximum absolute atomic E-state index is 13.6. The highest BCUT2D eigenvalue weighted by molar-refractivity contribution is 6.32. The van der Waals surface area contributed by atoms with E-state index in [1.807, 2.05) is 24.3 Å². The van der Waals surface area contributed by atoms with Gasteiger partial charge in [0.05, 0.1) is 37.2 Å². The number of carbonyl (C=O) groups is 2. The molecular formula is C25H27ClN4O5. The Balaban J connectivity index is 1.70. The van der Waals surface area contributed by atoms with Crippen LogP contribution in [0.2, 0.25) is 5.02 Å². The number of para-hydroxylation sites is 1. The quantitative estimate of drug-likeness (QED) is 0.508. The summed E-state index contributed by atoms with van der Waals surface area (Å²) < 4.78 is 17.5. The van der Waals surface area contributed by atoms with E-state index in [1.54, 1.807) is 59.9 Å². The minimum Gasteiger partial charge on any atom is -0.497 e. The highest BCUT2D eigenvalue weighted by Crippen LogP contribution is 2.34. The van der Waals surface area contributed by atoms with Crippen LogP contribution in [-0.4, -0.2) is 78.6 Å². The number of benzene rings is 2. The Morgan fingerprint density at radius 2 is 1.69 bits per heavy atom. The molecule has 2 heterocycles. The summed E-state index contributed by atoms with van der Waals surface area (Å²) >= 11 is 6.47. The van der Waals surface area contributed by atoms with Gasteiger partial charge in [-0.3, -0.25) is 4.79 Å². The summed E-state index contributed by atoms with van der Waals surface area (Å²) in [5.41, 5.74) is 2.20. The third kappa shape index (κ3) is 5.05. The Hall–Kier alpha value is -3.72. The van der Waals surface area contributed by atoms with Crippen molar-refractivity contribution in [1.29, 1.82) is 0 Å². The molecule has 1 aliphatic heterocycles. The van der Waals surface area contributed by atoms with E-state index in [0.717, 1.165) is 0 Å². The zero-order valence-electron chi connectivity index (χ0n) is 19.9. The zero-order chi connectivity index (χ0) is 24.9. The third-order valence-corrected chi connectivity index (χ3v) is 6.11. The predicted molar refractivity (Wildman–Crippen MR) is 132 cm³/mol. The first-order chi connectivity index (χ1) is 17.0. The smallest absolute Gasteiger partial charge is 0.409 e. The minimum absolute atomic E-state index is 0.209. The van der Waals surface area contributed by atoms with Crippen LogP contribution < -0.4 is 9.47 Å². The van der Waals surface area contributed by atoms with Crippen LogP contribution in [0.1, 0.15) is 17.4 Å². The number of hydrogen-bond donors (Lipinski definition) is 0. The van der Waals surface area contributed by atoms with Crippen LogP contribution in [0, 0.1) is 0 Å². The van der Waals surface area contributed by atoms with Crippen LogP contribution in [0.3, 0.4) is 0 Å². The normalized spacial score (nSPS) is 13.5. The number of rotatable bonds is 6. The fourth-order valence-corrected chi connectivity index (χ4v) is 4.17. The first kappa shape index (κ1) is 24.4. The Morgan fingerprint density at radius 1 is 0.971 bits per heavy atom. The number of carbonyl (C=O) groups excluding carboxylic acids is 2. The molecule has 3 aromatic rings. The van der Waals surface area contributed by atoms with Gasteiger partial charge in [0, 0.05) is 37.8 Å². The van der Waals surface area contributed by atoms with Gasteiger partial charge in [-0.2, -0.15) is 5.10 Å². The lowest BCUT2D eigenvalue weighted by atomic mass is 10.1. The lowest BCUT2D eigenvalue weighted by molar-refractivity contribution is 0.0563. The Bertz CT molecular complexity index is 1220. The van der Waals surface area contributed by atoms with Crippen molar-refractivity contribution >= 4 is 23.6 Å². The molecule has 1 saturated heterocycles. The fraction of sp³-hybridized carbons (Fsp3) is 0.320. The number of piperazine rings is 1. The van der Waals surface area contributed by atoms with Crippen molar-refractivity contribution in [3.63, 3.8) is 0 Å². The molecule has 9 nitrogen and oxygen atoms in total. The molecule has 1 aromatic heterocycles. The number of halogens is 1. The molecule has 0 aliphatic carbocycles. The van der Waals surface area contributed by atoms with Gasteiger partial charge in [-0.05, 0) is 37.3 Å². The first-order valence-corrected chi connectivity index (χ1v) is 11.6. The van der Waals surface area contributed by atoms with E-state index in [4.69, 9.17) is 30.9 Å². The molecule has 2 amide bonds. The molecule has 1 aliphatic rings. The molecule has 184 valence electrons. The summed E-state index contributed by atoms with van der Waals surface area (Å²) in [7, 11) is 3.15. The van der Waals surface area contributed by atoms with E-state index in [1.165, 1.54) is 0 Å². The van der Waals surface area contributed by atoms with Crippen molar-refractivity contribution in [1.82, 2.24) is 19.6 Å². The Kier molecular flexibility index (Phi) is 7.45. The lowest BCUT2D eigenvalue weighted by Gasteiger charge is -2.34. The molecule has 1 fully saturated rings. The minimum atomic E-state index is -0.366. The second kappa shape index (κ2) is 10.7. The van der Waals surface area contributed by atoms with Gasteiger partial charge in [-0.1, -0.05) is 23.7 Å². The molecule has 0 atom stereocenters. The van der Waals surface area contributed by atoms with Crippen molar-refractivity contribution in [2.24, 2.45) is 0 Å². The number of aromatic nitrogens is 2. The molecule has 35 heavy (non-hydrogen) atoms. The second-order valence-corrected chi connectivity index (χ2v) is 8.23. The van der Waals surface area contributed by atoms with E-state index >= 15 is 0 Å². The molecule has 0 N–H and O–H groups in total. The monoisotopic (exact) mass is 498 g/mol. The van der Waals surface area contributed by atoms with Crippen LogP contribution >= 0.6 is 11.6 Å². The predicted octanol–water partition coefficient (Wildman–Crippen LogP) is 4.12. The summed E-state index contributed by atoms with van der Waals surface area (Å²) in [6.45, 7) is 3.63. The molecule has 0 radical (unpaired) electrons. The average Bonchev–Trinajstić information content (AvgIpc) is 3.33. The second-order valence-electron chi connectivity index (χ2n) is 7.82. The molecule has 0 saturated carbocycles. The molecule has 4 rings (SSSR count). The third-order valence-electron chi connectivity index (χ3n) is 5.79. The fourth-order valence-electron chi connectivity index (χ4n) is 3.95. The van der Waals surface area contributed by atoms with Crippen molar-refractivity contribution in [2.45, 2.75) is 6.92 Å². The van der Waals surface area contributed by atoms with Gasteiger partial charge >= 0.3 is 6.09 Å². The summed E-state index contributed by atoms with van der Waals surface area (Å²) in [5.74, 6) is 1.00. The van der Waals surface area contributed by atoms with Gasteiger partial charge in [0.2, 0.25) is 0 Å². The number of nitrogens with zero attached hydrogens (tertiary/aromatic N) is 4. The van der Waals surface area contributed by atoms with Crippen LogP contribution in [0.4, 0.5) is 4.79 Å². The van der Waals surface area contributed by atoms with Crippen LogP contribution in [0.5, 0.6) is 11.5 Å². The highest BCUT2D eigenvalue weighted by Gasteiger charge is 2.29. The van der Waals surface area contributed by atoms with E-state index in [9.17, 15) is 9.59 Å². The number of hydrogen-bond acceptors (Lipinski definition) is 6. The maximum Gasteiger partial charge on any atom is 0.409 e. The molecule has 0 bridgehead atoms. The molecular weight excluding hydrogens is 472 g/mol. The van der Waals surface area contributed by atoms with Gasteiger partial charge in [0.25, 0.3) is 5.91 Å². The van der Waals surface area contributed by atoms with Gasteiger partial charge in [0.1, 0.15) is 17.2 Å². The number of ether oxygens (including phenoxy) is 3. The maximum atomic E-state index is 13.6. The number of methoxy groups -OCH3 is 2. The van der Waals surface area contributed by atoms with Crippen LogP contribution in [0.15, 0.2) is 48.5 Å². The highest BCUT2D eigenvalue weighted by atomic mass is 35.5. The van der Waals surface area contributed by atoms with Gasteiger partial charge in [-0.25, -0.2) is 9.48 Å². The Morgan fingerprint density at radius 3 is 2.34 bits per heavy atom. The molecule has 0 spiro atoms. The molecule has 2 aromatic carbocycles. The first-order valence-electron chi connectivity index (χ1n) is 11.2. The number of amides is 2. The topological polar surface area (TPSA) is 86.1 Å². The van der Waals surface area contributed by atoms with Gasteiger partial charge in [-0.15, -0.1) is 0 Å². The van der Waals surface area contributed by atoms with Crippen molar-refractivity contribution in [3.05, 3.63) is 59.2 Å². The van der Waals surface area contributed by atoms with Crippen LogP contribution in [-0.2, 0) is 4.74 Å². The van der Waals surface area contributed by atoms with Crippen molar-refractivity contribution in [3.8, 4) is 28.4 Å².